The molecule has 1 unspecified atom stereocenters. The molecular formula is C26H36FN3O3SSi. The second kappa shape index (κ2) is 12.3. The molecule has 0 radical (unpaired) electrons. The van der Waals surface area contributed by atoms with Gasteiger partial charge < -0.3 is 19.2 Å². The molecule has 0 bridgehead atoms. The molecule has 0 amide bonds. The third-order valence-corrected chi connectivity index (χ3v) is 13.3. The average Bonchev–Trinajstić information content (AvgIpc) is 2.83. The smallest absolute Gasteiger partial charge is 0.258 e. The summed E-state index contributed by atoms with van der Waals surface area (Å²) in [5.74, 6) is 0.101. The van der Waals surface area contributed by atoms with Crippen LogP contribution >= 0.6 is 11.8 Å². The van der Waals surface area contributed by atoms with Crippen molar-refractivity contribution in [3.63, 3.8) is 0 Å². The lowest BCUT2D eigenvalue weighted by atomic mass is 10.2. The topological polar surface area (TPSA) is 87.4 Å². The molecule has 190 valence electrons. The third kappa shape index (κ3) is 6.50. The largest absolute Gasteiger partial charge is 0.541 e. The highest BCUT2D eigenvalue weighted by Crippen LogP contribution is 2.45. The fourth-order valence-electron chi connectivity index (χ4n) is 4.55. The highest BCUT2D eigenvalue weighted by atomic mass is 32.2. The van der Waals surface area contributed by atoms with E-state index in [9.17, 15) is 0 Å². The number of nitrogens with zero attached hydrogens (tertiary/aromatic N) is 1. The van der Waals surface area contributed by atoms with E-state index in [0.717, 1.165) is 11.8 Å². The minimum absolute atomic E-state index is 0.0701. The number of nitrogens with one attached hydrogen (secondary N) is 2. The van der Waals surface area contributed by atoms with Crippen molar-refractivity contribution in [3.05, 3.63) is 47.8 Å². The quantitative estimate of drug-likeness (QED) is 0.106. The minimum Gasteiger partial charge on any atom is -0.541 e. The van der Waals surface area contributed by atoms with Crippen LogP contribution in [0.4, 0.5) is 10.1 Å². The summed E-state index contributed by atoms with van der Waals surface area (Å²) in [6, 6.07) is 12.1. The van der Waals surface area contributed by atoms with Gasteiger partial charge in [-0.05, 0) is 47.0 Å². The lowest BCUT2D eigenvalue weighted by Crippen LogP contribution is -2.50. The van der Waals surface area contributed by atoms with Crippen LogP contribution in [0, 0.1) is 22.6 Å². The van der Waals surface area contributed by atoms with Crippen molar-refractivity contribution in [3.8, 4) is 17.6 Å². The van der Waals surface area contributed by atoms with Gasteiger partial charge >= 0.3 is 0 Å². The SMILES string of the molecule is COC(=N)C(Nc1ccc(C#N)cc1)Sc1cc(OC)cc(O[Si](C(C)C)(C(C)C)C(C)C)c1F. The molecule has 0 saturated carbocycles. The van der Waals surface area contributed by atoms with Gasteiger partial charge in [0, 0.05) is 11.8 Å². The predicted octanol–water partition coefficient (Wildman–Crippen LogP) is 7.41. The molecule has 2 aromatic carbocycles. The summed E-state index contributed by atoms with van der Waals surface area (Å²) in [5, 5.41) is 19.8. The van der Waals surface area contributed by atoms with Gasteiger partial charge in [0.05, 0.1) is 30.7 Å². The van der Waals surface area contributed by atoms with Gasteiger partial charge in [0.15, 0.2) is 11.2 Å². The van der Waals surface area contributed by atoms with Gasteiger partial charge in [-0.15, -0.1) is 0 Å². The van der Waals surface area contributed by atoms with Gasteiger partial charge in [-0.2, -0.15) is 5.26 Å². The number of thioether (sulfide) groups is 1. The first-order chi connectivity index (χ1) is 16.5. The van der Waals surface area contributed by atoms with Crippen LogP contribution in [0.3, 0.4) is 0 Å². The molecule has 35 heavy (non-hydrogen) atoms. The highest BCUT2D eigenvalue weighted by molar-refractivity contribution is 8.00. The fourth-order valence-corrected chi connectivity index (χ4v) is 10.8. The maximum atomic E-state index is 15.9. The summed E-state index contributed by atoms with van der Waals surface area (Å²) >= 11 is 1.10. The van der Waals surface area contributed by atoms with E-state index < -0.39 is 19.5 Å². The maximum Gasteiger partial charge on any atom is 0.258 e. The second-order valence-electron chi connectivity index (χ2n) is 9.26. The summed E-state index contributed by atoms with van der Waals surface area (Å²) in [4.78, 5) is 0.284. The van der Waals surface area contributed by atoms with Gasteiger partial charge in [0.25, 0.3) is 8.32 Å². The van der Waals surface area contributed by atoms with E-state index >= 15 is 4.39 Å². The standard InChI is InChI=1S/C26H36FN3O3SSi/c1-16(2)35(17(3)4,18(5)6)33-22-13-21(31-7)14-23(24(22)27)34-26(25(29)32-8)30-20-11-9-19(15-28)10-12-20/h9-14,16-18,26,29-30H,1-8H3. The van der Waals surface area contributed by atoms with Crippen molar-refractivity contribution in [2.75, 3.05) is 19.5 Å². The van der Waals surface area contributed by atoms with E-state index in [2.05, 4.69) is 52.9 Å². The molecule has 6 nitrogen and oxygen atoms in total. The molecule has 2 N–H and O–H groups in total. The molecular weight excluding hydrogens is 481 g/mol. The number of ether oxygens (including phenoxy) is 2. The van der Waals surface area contributed by atoms with E-state index in [1.165, 1.54) is 14.2 Å². The fraction of sp³-hybridized carbons (Fsp3) is 0.462. The molecule has 0 aromatic heterocycles. The number of hydrogen-bond acceptors (Lipinski definition) is 7. The number of benzene rings is 2. The van der Waals surface area contributed by atoms with Crippen LogP contribution in [-0.4, -0.2) is 33.8 Å². The first-order valence-electron chi connectivity index (χ1n) is 11.6. The molecule has 2 rings (SSSR count). The predicted molar refractivity (Wildman–Crippen MR) is 144 cm³/mol. The van der Waals surface area contributed by atoms with Crippen molar-refractivity contribution in [2.45, 2.75) is 68.4 Å². The average molecular weight is 518 g/mol. The Labute approximate surface area is 213 Å². The maximum absolute atomic E-state index is 15.9. The first kappa shape index (κ1) is 28.5. The summed E-state index contributed by atoms with van der Waals surface area (Å²) in [6.45, 7) is 12.9. The Morgan fingerprint density at radius 3 is 2.06 bits per heavy atom. The van der Waals surface area contributed by atoms with Crippen molar-refractivity contribution in [1.82, 2.24) is 0 Å². The van der Waals surface area contributed by atoms with Crippen molar-refractivity contribution >= 4 is 31.7 Å². The Morgan fingerprint density at radius 1 is 1.03 bits per heavy atom. The van der Waals surface area contributed by atoms with Crippen LogP contribution in [-0.2, 0) is 4.74 Å². The van der Waals surface area contributed by atoms with E-state index in [-0.39, 0.29) is 33.2 Å². The van der Waals surface area contributed by atoms with E-state index in [4.69, 9.17) is 24.6 Å². The Kier molecular flexibility index (Phi) is 10.0. The first-order valence-corrected chi connectivity index (χ1v) is 14.6. The van der Waals surface area contributed by atoms with Crippen molar-refractivity contribution in [2.24, 2.45) is 0 Å². The van der Waals surface area contributed by atoms with E-state index in [0.29, 0.717) is 17.0 Å². The number of nitriles is 1. The van der Waals surface area contributed by atoms with Crippen LogP contribution in [0.15, 0.2) is 41.3 Å². The van der Waals surface area contributed by atoms with Crippen LogP contribution in [0.1, 0.15) is 47.1 Å². The summed E-state index contributed by atoms with van der Waals surface area (Å²) in [5.41, 5.74) is 2.02. The number of anilines is 1. The van der Waals surface area contributed by atoms with Crippen molar-refractivity contribution < 1.29 is 18.3 Å². The number of rotatable bonds is 11. The highest BCUT2D eigenvalue weighted by Gasteiger charge is 2.47. The molecule has 1 atom stereocenters. The van der Waals surface area contributed by atoms with Gasteiger partial charge in [0.1, 0.15) is 11.5 Å². The van der Waals surface area contributed by atoms with Gasteiger partial charge in [0.2, 0.25) is 5.90 Å². The van der Waals surface area contributed by atoms with Crippen molar-refractivity contribution in [1.29, 1.82) is 10.7 Å². The van der Waals surface area contributed by atoms with Crippen LogP contribution in [0.2, 0.25) is 16.6 Å². The number of methoxy groups -OCH3 is 2. The van der Waals surface area contributed by atoms with Gasteiger partial charge in [-0.25, -0.2) is 4.39 Å². The molecule has 0 fully saturated rings. The molecule has 0 spiro atoms. The van der Waals surface area contributed by atoms with Crippen LogP contribution in [0.25, 0.3) is 0 Å². The molecule has 0 aliphatic rings. The molecule has 9 heteroatoms. The van der Waals surface area contributed by atoms with Gasteiger partial charge in [-0.3, -0.25) is 5.41 Å². The molecule has 0 aliphatic carbocycles. The number of halogens is 1. The monoisotopic (exact) mass is 517 g/mol. The van der Waals surface area contributed by atoms with E-state index in [1.54, 1.807) is 36.4 Å². The lowest BCUT2D eigenvalue weighted by Gasteiger charge is -2.42. The minimum atomic E-state index is -2.41. The zero-order valence-corrected chi connectivity index (χ0v) is 23.5. The Hall–Kier alpha value is -2.70. The lowest BCUT2D eigenvalue weighted by molar-refractivity contribution is 0.390. The van der Waals surface area contributed by atoms with Crippen LogP contribution < -0.4 is 14.5 Å². The summed E-state index contributed by atoms with van der Waals surface area (Å²) in [7, 11) is 0.528. The summed E-state index contributed by atoms with van der Waals surface area (Å²) < 4.78 is 33.2. The van der Waals surface area contributed by atoms with E-state index in [1.807, 2.05) is 0 Å². The zero-order valence-electron chi connectivity index (χ0n) is 21.7. The normalized spacial score (nSPS) is 12.4. The summed E-state index contributed by atoms with van der Waals surface area (Å²) in [6.07, 6.45) is 0. The zero-order chi connectivity index (χ0) is 26.3. The second-order valence-corrected chi connectivity index (χ2v) is 15.8. The Morgan fingerprint density at radius 2 is 1.60 bits per heavy atom. The Balaban J connectivity index is 2.49. The molecule has 0 saturated heterocycles. The molecule has 0 heterocycles. The van der Waals surface area contributed by atoms with Crippen LogP contribution in [0.5, 0.6) is 11.5 Å². The van der Waals surface area contributed by atoms with Gasteiger partial charge in [-0.1, -0.05) is 53.3 Å². The Bertz CT molecular complexity index is 1030. The number of hydrogen-bond donors (Lipinski definition) is 2. The molecule has 2 aromatic rings. The third-order valence-electron chi connectivity index (χ3n) is 6.22. The molecule has 0 aliphatic heterocycles.